The van der Waals surface area contributed by atoms with Crippen LogP contribution < -0.4 is 35.9 Å². The van der Waals surface area contributed by atoms with Crippen molar-refractivity contribution >= 4 is 79.9 Å². The van der Waals surface area contributed by atoms with Gasteiger partial charge in [-0.05, 0) is 103 Å². The molecule has 0 aliphatic carbocycles. The lowest BCUT2D eigenvalue weighted by Crippen LogP contribution is -2.67. The van der Waals surface area contributed by atoms with E-state index in [1.165, 1.54) is 12.1 Å². The van der Waals surface area contributed by atoms with Crippen LogP contribution in [0.5, 0.6) is 5.75 Å². The minimum absolute atomic E-state index is 0.00505. The molecule has 1 aliphatic heterocycles. The number of sulfonamides is 1. The van der Waals surface area contributed by atoms with E-state index >= 15 is 9.59 Å². The number of H-pyrrole nitrogens is 1. The number of benzene rings is 6. The first-order valence-corrected chi connectivity index (χ1v) is 29.1. The highest BCUT2D eigenvalue weighted by Gasteiger charge is 2.53. The average Bonchev–Trinajstić information content (AvgIpc) is 3.86. The fraction of sp³-hybridized carbons (Fsp3) is 0.310. The van der Waals surface area contributed by atoms with Crippen LogP contribution in [0.2, 0.25) is 5.04 Å². The van der Waals surface area contributed by atoms with Gasteiger partial charge in [-0.3, -0.25) is 9.59 Å². The van der Waals surface area contributed by atoms with Crippen molar-refractivity contribution in [1.82, 2.24) is 20.3 Å². The summed E-state index contributed by atoms with van der Waals surface area (Å²) >= 11 is 3.53. The molecule has 1 aromatic heterocycles. The van der Waals surface area contributed by atoms with Crippen LogP contribution in [0.25, 0.3) is 10.9 Å². The first kappa shape index (κ1) is 54.4. The summed E-state index contributed by atoms with van der Waals surface area (Å²) in [6.07, 6.45) is 1.83. The van der Waals surface area contributed by atoms with Crippen molar-refractivity contribution in [3.63, 3.8) is 0 Å². The van der Waals surface area contributed by atoms with E-state index in [9.17, 15) is 8.42 Å². The van der Waals surface area contributed by atoms with Crippen LogP contribution in [0.1, 0.15) is 76.8 Å². The molecule has 0 bridgehead atoms. The van der Waals surface area contributed by atoms with Crippen LogP contribution in [0.4, 0.5) is 0 Å². The molecule has 0 radical (unpaired) electrons. The molecule has 2 heterocycles. The number of nitrogens with one attached hydrogen (secondary N) is 4. The van der Waals surface area contributed by atoms with E-state index < -0.39 is 71.6 Å². The zero-order valence-corrected chi connectivity index (χ0v) is 46.9. The number of aryl methyl sites for hydroxylation is 1. The predicted molar refractivity (Wildman–Crippen MR) is 300 cm³/mol. The van der Waals surface area contributed by atoms with Gasteiger partial charge in [-0.1, -0.05) is 164 Å². The molecule has 8 rings (SSSR count). The molecular formula is C58H66BBrN4O8SSi. The fourth-order valence-electron chi connectivity index (χ4n) is 9.63. The maximum atomic E-state index is 15.5. The van der Waals surface area contributed by atoms with Gasteiger partial charge in [0.15, 0.2) is 0 Å². The van der Waals surface area contributed by atoms with Gasteiger partial charge in [0, 0.05) is 33.5 Å². The van der Waals surface area contributed by atoms with E-state index in [0.717, 1.165) is 36.9 Å². The van der Waals surface area contributed by atoms with Crippen molar-refractivity contribution in [2.24, 2.45) is 0 Å². The number of carbonyl (C=O) groups excluding carboxylic acids is 2. The normalized spacial score (nSPS) is 15.8. The lowest BCUT2D eigenvalue weighted by molar-refractivity contribution is -0.130. The average molecular weight is 1100 g/mol. The molecule has 12 nitrogen and oxygen atoms in total. The Morgan fingerprint density at radius 2 is 1.32 bits per heavy atom. The lowest BCUT2D eigenvalue weighted by atomic mass is 9.77. The predicted octanol–water partition coefficient (Wildman–Crippen LogP) is 8.60. The summed E-state index contributed by atoms with van der Waals surface area (Å²) in [5.74, 6) is -0.652. The summed E-state index contributed by atoms with van der Waals surface area (Å²) < 4.78 is 58.5. The second-order valence-corrected chi connectivity index (χ2v) is 28.0. The van der Waals surface area contributed by atoms with Crippen LogP contribution in [0.15, 0.2) is 167 Å². The highest BCUT2D eigenvalue weighted by Crippen LogP contribution is 2.39. The molecule has 6 aromatic carbocycles. The SMILES string of the molecule is COc1ccc([C@H](CO[Si](c2ccccc2)(c2ccccc2)C(C)(C)C)NC(=O)[C@@H](Cc2ccccc2)NC(=O)[C@@H](Cc2c[nH]c3cc(Br)ccc23)NS(=O)(=O)c2ccc(C)cc2)cc1B1OC(C)(C)C(C)(C)O1. The van der Waals surface area contributed by atoms with E-state index in [2.05, 4.69) is 81.3 Å². The molecule has 1 fully saturated rings. The van der Waals surface area contributed by atoms with Crippen LogP contribution in [-0.4, -0.2) is 77.7 Å². The number of halogens is 1. The Balaban J connectivity index is 1.20. The second-order valence-electron chi connectivity index (χ2n) is 21.1. The van der Waals surface area contributed by atoms with Gasteiger partial charge in [0.25, 0.3) is 8.32 Å². The molecule has 7 aromatic rings. The summed E-state index contributed by atoms with van der Waals surface area (Å²) in [6.45, 7) is 16.4. The fourth-order valence-corrected chi connectivity index (χ4v) is 15.8. The molecular weight excluding hydrogens is 1030 g/mol. The quantitative estimate of drug-likeness (QED) is 0.0587. The standard InChI is InChI=1S/C58H66BBrN4O8SSi/c1-39-25-29-44(30-26-39)73(67,68)64-51(35-42-37-61-49-36-43(60)28-31-47(42)49)55(66)62-50(33-40-19-13-10-14-20-40)54(65)63-52(41-27-32-53(69-9)48(34-41)59-71-57(5,6)58(7,8)72-59)38-70-74(56(2,3)4,45-21-15-11-16-22-45)46-23-17-12-18-24-46/h10-32,34,36-37,50-52,61,64H,33,35,38H2,1-9H3,(H,62,66)(H,63,65)/t50-,51-,52+/m1/s1. The van der Waals surface area contributed by atoms with Gasteiger partial charge in [-0.25, -0.2) is 8.42 Å². The van der Waals surface area contributed by atoms with Gasteiger partial charge in [0.2, 0.25) is 21.8 Å². The van der Waals surface area contributed by atoms with E-state index in [1.54, 1.807) is 25.4 Å². The maximum Gasteiger partial charge on any atom is 0.498 e. The Morgan fingerprint density at radius 3 is 1.91 bits per heavy atom. The van der Waals surface area contributed by atoms with Gasteiger partial charge in [-0.2, -0.15) is 4.72 Å². The van der Waals surface area contributed by atoms with Gasteiger partial charge < -0.3 is 34.1 Å². The molecule has 16 heteroatoms. The van der Waals surface area contributed by atoms with Gasteiger partial charge >= 0.3 is 7.12 Å². The Bertz CT molecular complexity index is 3140. The van der Waals surface area contributed by atoms with Crippen molar-refractivity contribution in [3.8, 4) is 5.75 Å². The van der Waals surface area contributed by atoms with E-state index in [-0.39, 0.29) is 24.3 Å². The number of hydrogen-bond donors (Lipinski definition) is 4. The molecule has 2 amide bonds. The minimum atomic E-state index is -4.24. The van der Waals surface area contributed by atoms with Gasteiger partial charge in [-0.15, -0.1) is 0 Å². The molecule has 74 heavy (non-hydrogen) atoms. The first-order chi connectivity index (χ1) is 35.1. The molecule has 0 unspecified atom stereocenters. The molecule has 4 N–H and O–H groups in total. The molecule has 1 aliphatic rings. The Hall–Kier alpha value is -5.85. The number of aromatic nitrogens is 1. The minimum Gasteiger partial charge on any atom is -0.497 e. The highest BCUT2D eigenvalue weighted by molar-refractivity contribution is 9.10. The monoisotopic (exact) mass is 1100 g/mol. The Morgan fingerprint density at radius 1 is 0.743 bits per heavy atom. The number of amides is 2. The van der Waals surface area contributed by atoms with Crippen LogP contribution in [0.3, 0.4) is 0 Å². The molecule has 0 saturated carbocycles. The van der Waals surface area contributed by atoms with Crippen molar-refractivity contribution in [2.75, 3.05) is 13.7 Å². The highest BCUT2D eigenvalue weighted by atomic mass is 79.9. The summed E-state index contributed by atoms with van der Waals surface area (Å²) in [7, 11) is -6.64. The van der Waals surface area contributed by atoms with E-state index in [0.29, 0.717) is 22.3 Å². The topological polar surface area (TPSA) is 157 Å². The number of methoxy groups -OCH3 is 1. The summed E-state index contributed by atoms with van der Waals surface area (Å²) in [6, 6.07) is 44.4. The van der Waals surface area contributed by atoms with Crippen LogP contribution >= 0.6 is 15.9 Å². The van der Waals surface area contributed by atoms with Crippen molar-refractivity contribution < 1.29 is 36.5 Å². The van der Waals surface area contributed by atoms with E-state index in [1.807, 2.05) is 138 Å². The number of rotatable bonds is 19. The molecule has 3 atom stereocenters. The number of carbonyl (C=O) groups is 2. The number of fused-ring (bicyclic) bond motifs is 1. The summed E-state index contributed by atoms with van der Waals surface area (Å²) in [4.78, 5) is 33.8. The zero-order valence-electron chi connectivity index (χ0n) is 43.5. The van der Waals surface area contributed by atoms with Crippen molar-refractivity contribution in [1.29, 1.82) is 0 Å². The third kappa shape index (κ3) is 11.8. The Labute approximate surface area is 445 Å². The van der Waals surface area contributed by atoms with Gasteiger partial charge in [0.1, 0.15) is 17.8 Å². The van der Waals surface area contributed by atoms with Crippen molar-refractivity contribution in [3.05, 3.63) is 185 Å². The first-order valence-electron chi connectivity index (χ1n) is 24.9. The van der Waals surface area contributed by atoms with Crippen LogP contribution in [-0.2, 0) is 46.2 Å². The Kier molecular flexibility index (Phi) is 16.3. The third-order valence-electron chi connectivity index (χ3n) is 14.4. The maximum absolute atomic E-state index is 15.5. The van der Waals surface area contributed by atoms with Crippen LogP contribution in [0, 0.1) is 6.92 Å². The zero-order chi connectivity index (χ0) is 53.1. The number of aromatic amines is 1. The summed E-state index contributed by atoms with van der Waals surface area (Å²) in [5, 5.41) is 8.92. The summed E-state index contributed by atoms with van der Waals surface area (Å²) in [5.41, 5.74) is 3.19. The van der Waals surface area contributed by atoms with E-state index in [4.69, 9.17) is 18.5 Å². The van der Waals surface area contributed by atoms with Gasteiger partial charge in [0.05, 0.1) is 35.9 Å². The third-order valence-corrected chi connectivity index (χ3v) is 21.4. The molecule has 386 valence electrons. The molecule has 1 saturated heterocycles. The number of hydrogen-bond acceptors (Lipinski definition) is 8. The largest absolute Gasteiger partial charge is 0.498 e. The van der Waals surface area contributed by atoms with Crippen molar-refractivity contribution in [2.45, 2.75) is 107 Å². The molecule has 0 spiro atoms. The smallest absolute Gasteiger partial charge is 0.497 e. The lowest BCUT2D eigenvalue weighted by Gasteiger charge is -2.44. The number of ether oxygens (including phenoxy) is 1. The second kappa shape index (κ2) is 22.2.